The van der Waals surface area contributed by atoms with Crippen molar-refractivity contribution in [3.63, 3.8) is 0 Å². The number of rotatable bonds is 8. The number of nitrogens with one attached hydrogen (secondary N) is 1. The van der Waals surface area contributed by atoms with Crippen molar-refractivity contribution in [2.24, 2.45) is 0 Å². The fourth-order valence-corrected chi connectivity index (χ4v) is 3.92. The van der Waals surface area contributed by atoms with E-state index in [4.69, 9.17) is 13.7 Å². The summed E-state index contributed by atoms with van der Waals surface area (Å²) in [5.41, 5.74) is -0.607. The molecule has 0 saturated carbocycles. The summed E-state index contributed by atoms with van der Waals surface area (Å²) in [6, 6.07) is 14.1. The lowest BCUT2D eigenvalue weighted by atomic mass is 9.95. The van der Waals surface area contributed by atoms with Crippen LogP contribution >= 0.6 is 0 Å². The highest BCUT2D eigenvalue weighted by atomic mass is 32.2. The zero-order chi connectivity index (χ0) is 25.6. The summed E-state index contributed by atoms with van der Waals surface area (Å²) in [6.45, 7) is 10.7. The van der Waals surface area contributed by atoms with E-state index in [-0.39, 0.29) is 23.6 Å². The molecule has 0 fully saturated rings. The largest absolute Gasteiger partial charge is 0.460 e. The maximum absolute atomic E-state index is 12.5. The lowest BCUT2D eigenvalue weighted by molar-refractivity contribution is -0.155. The molecule has 0 bridgehead atoms. The lowest BCUT2D eigenvalue weighted by Crippen LogP contribution is -2.35. The summed E-state index contributed by atoms with van der Waals surface area (Å²) in [7, 11) is -3.97. The molecule has 0 aromatic heterocycles. The molecule has 2 rings (SSSR count). The first kappa shape index (κ1) is 27.2. The van der Waals surface area contributed by atoms with Crippen molar-refractivity contribution in [1.82, 2.24) is 5.32 Å². The SMILES string of the molecule is CC(C)(C)OC(=O)CC(CNC(=O)OC(C)(C)C)c1ccc(OS(=O)(=O)c2ccccc2)cc1. The molecule has 9 heteroatoms. The Bertz CT molecular complexity index is 1070. The maximum atomic E-state index is 12.5. The minimum Gasteiger partial charge on any atom is -0.460 e. The van der Waals surface area contributed by atoms with Crippen LogP contribution in [0.3, 0.4) is 0 Å². The van der Waals surface area contributed by atoms with Crippen molar-refractivity contribution in [2.45, 2.75) is 70.0 Å². The van der Waals surface area contributed by atoms with Gasteiger partial charge in [0.2, 0.25) is 0 Å². The molecule has 0 spiro atoms. The van der Waals surface area contributed by atoms with Gasteiger partial charge >= 0.3 is 22.2 Å². The minimum atomic E-state index is -3.97. The number of hydrogen-bond donors (Lipinski definition) is 1. The zero-order valence-corrected chi connectivity index (χ0v) is 21.3. The highest BCUT2D eigenvalue weighted by molar-refractivity contribution is 7.87. The molecule has 2 aromatic carbocycles. The smallest absolute Gasteiger partial charge is 0.407 e. The molecule has 1 atom stereocenters. The fraction of sp³-hybridized carbons (Fsp3) is 0.440. The topological polar surface area (TPSA) is 108 Å². The molecule has 0 radical (unpaired) electrons. The Kier molecular flexibility index (Phi) is 8.72. The number of hydrogen-bond acceptors (Lipinski definition) is 7. The number of alkyl carbamates (subject to hydrolysis) is 1. The third-order valence-corrected chi connectivity index (χ3v) is 5.58. The van der Waals surface area contributed by atoms with E-state index in [2.05, 4.69) is 5.32 Å². The van der Waals surface area contributed by atoms with Crippen LogP contribution < -0.4 is 9.50 Å². The standard InChI is InChI=1S/C25H33NO7S/c1-24(2,3)31-22(27)16-19(17-26-23(28)32-25(4,5)6)18-12-14-20(15-13-18)33-34(29,30)21-10-8-7-9-11-21/h7-15,19H,16-17H2,1-6H3,(H,26,28). The summed E-state index contributed by atoms with van der Waals surface area (Å²) < 4.78 is 40.8. The second kappa shape index (κ2) is 10.9. The highest BCUT2D eigenvalue weighted by Crippen LogP contribution is 2.25. The van der Waals surface area contributed by atoms with Crippen molar-refractivity contribution < 1.29 is 31.7 Å². The van der Waals surface area contributed by atoms with Gasteiger partial charge in [0.15, 0.2) is 0 Å². The van der Waals surface area contributed by atoms with Crippen molar-refractivity contribution >= 4 is 22.2 Å². The fourth-order valence-electron chi connectivity index (χ4n) is 2.97. The van der Waals surface area contributed by atoms with Crippen LogP contribution in [0.1, 0.15) is 59.4 Å². The molecular weight excluding hydrogens is 458 g/mol. The van der Waals surface area contributed by atoms with Gasteiger partial charge < -0.3 is 19.0 Å². The van der Waals surface area contributed by atoms with E-state index in [1.165, 1.54) is 24.3 Å². The molecule has 8 nitrogen and oxygen atoms in total. The van der Waals surface area contributed by atoms with Crippen LogP contribution in [0.5, 0.6) is 5.75 Å². The van der Waals surface area contributed by atoms with Gasteiger partial charge in [0, 0.05) is 12.5 Å². The first-order chi connectivity index (χ1) is 15.6. The predicted molar refractivity (Wildman–Crippen MR) is 128 cm³/mol. The van der Waals surface area contributed by atoms with E-state index < -0.39 is 39.3 Å². The molecule has 0 heterocycles. The molecule has 0 aliphatic carbocycles. The Morgan fingerprint density at radius 2 is 1.41 bits per heavy atom. The lowest BCUT2D eigenvalue weighted by Gasteiger charge is -2.24. The first-order valence-corrected chi connectivity index (χ1v) is 12.3. The van der Waals surface area contributed by atoms with Crippen molar-refractivity contribution in [3.05, 3.63) is 60.2 Å². The molecule has 2 aromatic rings. The number of amides is 1. The Hall–Kier alpha value is -3.07. The van der Waals surface area contributed by atoms with Crippen molar-refractivity contribution in [1.29, 1.82) is 0 Å². The monoisotopic (exact) mass is 491 g/mol. The second-order valence-corrected chi connectivity index (χ2v) is 11.3. The third kappa shape index (κ3) is 9.43. The van der Waals surface area contributed by atoms with Gasteiger partial charge in [0.1, 0.15) is 21.8 Å². The van der Waals surface area contributed by atoms with Crippen LogP contribution in [0, 0.1) is 0 Å². The van der Waals surface area contributed by atoms with Gasteiger partial charge in [-0.1, -0.05) is 30.3 Å². The quantitative estimate of drug-likeness (QED) is 0.418. The third-order valence-electron chi connectivity index (χ3n) is 4.31. The van der Waals surface area contributed by atoms with E-state index in [0.717, 1.165) is 0 Å². The van der Waals surface area contributed by atoms with E-state index in [1.54, 1.807) is 71.9 Å². The molecule has 1 N–H and O–H groups in total. The number of carbonyl (C=O) groups is 2. The van der Waals surface area contributed by atoms with Gasteiger partial charge in [-0.2, -0.15) is 8.42 Å². The summed E-state index contributed by atoms with van der Waals surface area (Å²) in [6.07, 6.45) is -0.592. The normalized spacial score (nSPS) is 13.0. The molecular formula is C25H33NO7S. The van der Waals surface area contributed by atoms with Gasteiger partial charge in [-0.25, -0.2) is 4.79 Å². The predicted octanol–water partition coefficient (Wildman–Crippen LogP) is 4.79. The van der Waals surface area contributed by atoms with Gasteiger partial charge in [-0.3, -0.25) is 4.79 Å². The van der Waals surface area contributed by atoms with E-state index in [9.17, 15) is 18.0 Å². The minimum absolute atomic E-state index is 0.00951. The Balaban J connectivity index is 2.17. The Labute approximate surface area is 201 Å². The molecule has 0 saturated heterocycles. The maximum Gasteiger partial charge on any atom is 0.407 e. The van der Waals surface area contributed by atoms with Crippen LogP contribution in [0.2, 0.25) is 0 Å². The van der Waals surface area contributed by atoms with E-state index in [0.29, 0.717) is 5.56 Å². The average molecular weight is 492 g/mol. The summed E-state index contributed by atoms with van der Waals surface area (Å²) in [4.78, 5) is 24.6. The first-order valence-electron chi connectivity index (χ1n) is 10.9. The van der Waals surface area contributed by atoms with Crippen LogP contribution in [-0.2, 0) is 24.4 Å². The van der Waals surface area contributed by atoms with Crippen LogP contribution in [0.15, 0.2) is 59.5 Å². The van der Waals surface area contributed by atoms with E-state index >= 15 is 0 Å². The molecule has 34 heavy (non-hydrogen) atoms. The molecule has 1 unspecified atom stereocenters. The average Bonchev–Trinajstić information content (AvgIpc) is 2.69. The molecule has 186 valence electrons. The van der Waals surface area contributed by atoms with Gasteiger partial charge in [-0.15, -0.1) is 0 Å². The molecule has 1 amide bonds. The van der Waals surface area contributed by atoms with Gasteiger partial charge in [0.05, 0.1) is 6.42 Å². The highest BCUT2D eigenvalue weighted by Gasteiger charge is 2.24. The number of ether oxygens (including phenoxy) is 2. The molecule has 0 aliphatic heterocycles. The van der Waals surface area contributed by atoms with Crippen LogP contribution in [-0.4, -0.2) is 38.2 Å². The van der Waals surface area contributed by atoms with E-state index in [1.807, 2.05) is 0 Å². The summed E-state index contributed by atoms with van der Waals surface area (Å²) in [5, 5.41) is 2.68. The summed E-state index contributed by atoms with van der Waals surface area (Å²) >= 11 is 0. The Morgan fingerprint density at radius 1 is 0.853 bits per heavy atom. The van der Waals surface area contributed by atoms with Gasteiger partial charge in [0.25, 0.3) is 0 Å². The van der Waals surface area contributed by atoms with Crippen molar-refractivity contribution in [2.75, 3.05) is 6.54 Å². The zero-order valence-electron chi connectivity index (χ0n) is 20.5. The summed E-state index contributed by atoms with van der Waals surface area (Å²) in [5.74, 6) is -0.721. The van der Waals surface area contributed by atoms with Gasteiger partial charge in [-0.05, 0) is 71.4 Å². The number of carbonyl (C=O) groups excluding carboxylic acids is 2. The van der Waals surface area contributed by atoms with Crippen LogP contribution in [0.25, 0.3) is 0 Å². The van der Waals surface area contributed by atoms with Crippen molar-refractivity contribution in [3.8, 4) is 5.75 Å². The van der Waals surface area contributed by atoms with Crippen LogP contribution in [0.4, 0.5) is 4.79 Å². The second-order valence-electron chi connectivity index (χ2n) is 9.79. The Morgan fingerprint density at radius 3 is 1.94 bits per heavy atom. The number of esters is 1. The molecule has 0 aliphatic rings. The number of benzene rings is 2.